The molecule has 2 aliphatic rings. The molecule has 2 saturated heterocycles. The van der Waals surface area contributed by atoms with Gasteiger partial charge in [-0.05, 0) is 68.9 Å². The summed E-state index contributed by atoms with van der Waals surface area (Å²) < 4.78 is 27.9. The highest BCUT2D eigenvalue weighted by atomic mass is 16.5. The number of hydrogen-bond donors (Lipinski definition) is 2. The highest BCUT2D eigenvalue weighted by Gasteiger charge is 2.37. The SMILES string of the molecule is CNC(=O)COCCCCOCCN1CC[C@@H](C)C(C2CN(CCOCCCOCCOCC(=O)NC)CC[C@@H]2C)C1. The summed E-state index contributed by atoms with van der Waals surface area (Å²) in [7, 11) is 3.21. The smallest absolute Gasteiger partial charge is 0.245 e. The number of nitrogens with zero attached hydrogens (tertiary/aromatic N) is 2. The second-order valence-corrected chi connectivity index (χ2v) is 11.8. The Balaban J connectivity index is 1.54. The van der Waals surface area contributed by atoms with Gasteiger partial charge in [-0.2, -0.15) is 0 Å². The number of nitrogens with one attached hydrogen (secondary N) is 2. The molecule has 0 bridgehead atoms. The normalized spacial score (nSPS) is 23.6. The third-order valence-electron chi connectivity index (χ3n) is 8.66. The van der Waals surface area contributed by atoms with Gasteiger partial charge in [0.05, 0.1) is 26.4 Å². The lowest BCUT2D eigenvalue weighted by Crippen LogP contribution is -2.51. The lowest BCUT2D eigenvalue weighted by molar-refractivity contribution is -0.126. The molecule has 246 valence electrons. The van der Waals surface area contributed by atoms with Crippen molar-refractivity contribution in [2.24, 2.45) is 23.7 Å². The summed E-state index contributed by atoms with van der Waals surface area (Å²) >= 11 is 0. The van der Waals surface area contributed by atoms with E-state index in [-0.39, 0.29) is 25.0 Å². The molecule has 2 unspecified atom stereocenters. The van der Waals surface area contributed by atoms with E-state index in [9.17, 15) is 9.59 Å². The molecule has 0 aromatic heterocycles. The van der Waals surface area contributed by atoms with E-state index in [0.717, 1.165) is 82.4 Å². The van der Waals surface area contributed by atoms with E-state index in [2.05, 4.69) is 34.3 Å². The van der Waals surface area contributed by atoms with Gasteiger partial charge in [0.25, 0.3) is 0 Å². The Morgan fingerprint density at radius 3 is 1.50 bits per heavy atom. The van der Waals surface area contributed by atoms with Crippen LogP contribution in [0.25, 0.3) is 0 Å². The number of hydrogen-bond acceptors (Lipinski definition) is 9. The van der Waals surface area contributed by atoms with Gasteiger partial charge in [-0.25, -0.2) is 0 Å². The van der Waals surface area contributed by atoms with Gasteiger partial charge in [-0.1, -0.05) is 13.8 Å². The lowest BCUT2D eigenvalue weighted by atomic mass is 9.70. The molecule has 11 heteroatoms. The Morgan fingerprint density at radius 1 is 0.595 bits per heavy atom. The highest BCUT2D eigenvalue weighted by Crippen LogP contribution is 2.37. The number of carbonyl (C=O) groups excluding carboxylic acids is 2. The standard InChI is InChI=1S/C31H60N4O7/c1-26-8-10-34(12-18-38-14-5-6-15-41-24-30(36)32-3)22-28(26)29-23-35(11-9-27(29)2)13-19-39-16-7-17-40-20-21-42-25-31(37)33-4/h26-29H,5-25H2,1-4H3,(H,32,36)(H,33,37)/t26-,27+,28?,29?/m1/s1. The summed E-state index contributed by atoms with van der Waals surface area (Å²) in [4.78, 5) is 27.5. The minimum Gasteiger partial charge on any atom is -0.380 e. The lowest BCUT2D eigenvalue weighted by Gasteiger charge is -2.47. The van der Waals surface area contributed by atoms with Crippen LogP contribution in [0.15, 0.2) is 0 Å². The van der Waals surface area contributed by atoms with Gasteiger partial charge in [-0.3, -0.25) is 9.59 Å². The fourth-order valence-corrected chi connectivity index (χ4v) is 5.82. The number of ether oxygens (including phenoxy) is 5. The highest BCUT2D eigenvalue weighted by molar-refractivity contribution is 5.77. The third kappa shape index (κ3) is 15.9. The van der Waals surface area contributed by atoms with E-state index in [1.54, 1.807) is 14.1 Å². The quantitative estimate of drug-likeness (QED) is 0.169. The minimum absolute atomic E-state index is 0.0770. The van der Waals surface area contributed by atoms with Gasteiger partial charge in [0.2, 0.25) is 11.8 Å². The molecule has 2 fully saturated rings. The maximum Gasteiger partial charge on any atom is 0.245 e. The van der Waals surface area contributed by atoms with Crippen LogP contribution < -0.4 is 10.6 Å². The van der Waals surface area contributed by atoms with E-state index in [1.165, 1.54) is 32.5 Å². The first-order valence-electron chi connectivity index (χ1n) is 16.2. The van der Waals surface area contributed by atoms with Gasteiger partial charge < -0.3 is 44.1 Å². The Kier molecular flexibility index (Phi) is 20.3. The molecule has 2 N–H and O–H groups in total. The number of likely N-dealkylation sites (tertiary alicyclic amines) is 2. The van der Waals surface area contributed by atoms with Crippen LogP contribution in [0, 0.1) is 23.7 Å². The molecule has 0 aromatic rings. The van der Waals surface area contributed by atoms with Crippen molar-refractivity contribution in [2.45, 2.75) is 46.0 Å². The van der Waals surface area contributed by atoms with E-state index in [4.69, 9.17) is 23.7 Å². The number of carbonyl (C=O) groups is 2. The second kappa shape index (κ2) is 23.1. The van der Waals surface area contributed by atoms with Gasteiger partial charge in [0.15, 0.2) is 0 Å². The molecule has 0 radical (unpaired) electrons. The average Bonchev–Trinajstić information content (AvgIpc) is 3.00. The Bertz CT molecular complexity index is 717. The molecule has 4 atom stereocenters. The van der Waals surface area contributed by atoms with Crippen LogP contribution in [-0.2, 0) is 33.3 Å². The van der Waals surface area contributed by atoms with E-state index >= 15 is 0 Å². The summed E-state index contributed by atoms with van der Waals surface area (Å²) in [5.41, 5.74) is 0. The van der Waals surface area contributed by atoms with Crippen molar-refractivity contribution in [3.63, 3.8) is 0 Å². The number of unbranched alkanes of at least 4 members (excludes halogenated alkanes) is 1. The van der Waals surface area contributed by atoms with Crippen LogP contribution in [0.5, 0.6) is 0 Å². The second-order valence-electron chi connectivity index (χ2n) is 11.8. The van der Waals surface area contributed by atoms with Gasteiger partial charge >= 0.3 is 0 Å². The molecule has 0 aliphatic carbocycles. The van der Waals surface area contributed by atoms with Crippen LogP contribution in [0.1, 0.15) is 46.0 Å². The average molecular weight is 601 g/mol. The molecular weight excluding hydrogens is 540 g/mol. The van der Waals surface area contributed by atoms with E-state index < -0.39 is 0 Å². The van der Waals surface area contributed by atoms with Crippen LogP contribution in [-0.4, -0.2) is 141 Å². The number of piperidine rings is 2. The molecule has 2 rings (SSSR count). The predicted octanol–water partition coefficient (Wildman–Crippen LogP) is 1.65. The summed E-state index contributed by atoms with van der Waals surface area (Å²) in [6.07, 6.45) is 5.26. The molecular formula is C31H60N4O7. The monoisotopic (exact) mass is 600 g/mol. The first kappa shape index (κ1) is 36.8. The topological polar surface area (TPSA) is 111 Å². The van der Waals surface area contributed by atoms with E-state index in [1.807, 2.05) is 0 Å². The van der Waals surface area contributed by atoms with Crippen LogP contribution in [0.4, 0.5) is 0 Å². The van der Waals surface area contributed by atoms with Crippen molar-refractivity contribution >= 4 is 11.8 Å². The molecule has 0 saturated carbocycles. The van der Waals surface area contributed by atoms with Crippen molar-refractivity contribution in [3.05, 3.63) is 0 Å². The summed E-state index contributed by atoms with van der Waals surface area (Å²) in [5.74, 6) is 2.77. The molecule has 0 aromatic carbocycles. The van der Waals surface area contributed by atoms with Gasteiger partial charge in [0.1, 0.15) is 13.2 Å². The van der Waals surface area contributed by atoms with Gasteiger partial charge in [0, 0.05) is 66.7 Å². The van der Waals surface area contributed by atoms with Gasteiger partial charge in [-0.15, -0.1) is 0 Å². The van der Waals surface area contributed by atoms with Crippen molar-refractivity contribution in [3.8, 4) is 0 Å². The molecule has 2 amide bonds. The van der Waals surface area contributed by atoms with Crippen LogP contribution in [0.3, 0.4) is 0 Å². The van der Waals surface area contributed by atoms with E-state index in [0.29, 0.717) is 33.0 Å². The van der Waals surface area contributed by atoms with Crippen molar-refractivity contribution in [1.82, 2.24) is 20.4 Å². The molecule has 11 nitrogen and oxygen atoms in total. The maximum absolute atomic E-state index is 11.2. The number of rotatable bonds is 23. The van der Waals surface area contributed by atoms with Crippen LogP contribution in [0.2, 0.25) is 0 Å². The third-order valence-corrected chi connectivity index (χ3v) is 8.66. The first-order chi connectivity index (χ1) is 20.4. The number of amides is 2. The maximum atomic E-state index is 11.2. The summed E-state index contributed by atoms with van der Waals surface area (Å²) in [6.45, 7) is 16.9. The summed E-state index contributed by atoms with van der Waals surface area (Å²) in [6, 6.07) is 0. The molecule has 2 heterocycles. The Morgan fingerprint density at radius 2 is 1.00 bits per heavy atom. The molecule has 2 aliphatic heterocycles. The largest absolute Gasteiger partial charge is 0.380 e. The first-order valence-corrected chi connectivity index (χ1v) is 16.2. The zero-order valence-electron chi connectivity index (χ0n) is 26.9. The fourth-order valence-electron chi connectivity index (χ4n) is 5.82. The fraction of sp³-hybridized carbons (Fsp3) is 0.935. The van der Waals surface area contributed by atoms with Crippen molar-refractivity contribution in [1.29, 1.82) is 0 Å². The van der Waals surface area contributed by atoms with Crippen LogP contribution >= 0.6 is 0 Å². The van der Waals surface area contributed by atoms with Crippen molar-refractivity contribution < 1.29 is 33.3 Å². The van der Waals surface area contributed by atoms with Crippen molar-refractivity contribution in [2.75, 3.05) is 119 Å². The zero-order chi connectivity index (χ0) is 30.4. The predicted molar refractivity (Wildman–Crippen MR) is 164 cm³/mol. The zero-order valence-corrected chi connectivity index (χ0v) is 26.9. The molecule has 42 heavy (non-hydrogen) atoms. The Labute approximate surface area is 254 Å². The minimum atomic E-state index is -0.124. The molecule has 0 spiro atoms. The number of likely N-dealkylation sites (N-methyl/N-ethyl adjacent to an activating group) is 2. The Hall–Kier alpha value is -1.34. The summed E-state index contributed by atoms with van der Waals surface area (Å²) in [5, 5.41) is 5.08.